The number of nitrogens with zero attached hydrogens (tertiary/aromatic N) is 1. The maximum Gasteiger partial charge on any atom is 0.387 e. The average Bonchev–Trinajstić information content (AvgIpc) is 2.16. The second-order valence-electron chi connectivity index (χ2n) is 2.88. The molecule has 0 unspecified atom stereocenters. The van der Waals surface area contributed by atoms with Crippen LogP contribution in [0.25, 0.3) is 0 Å². The Labute approximate surface area is 95.2 Å². The number of rotatable bonds is 3. The smallest absolute Gasteiger partial charge is 0.387 e. The Bertz CT molecular complexity index is 469. The molecular formula is C10H6ClF2NO2. The first-order valence-electron chi connectivity index (χ1n) is 4.15. The molecule has 0 bridgehead atoms. The summed E-state index contributed by atoms with van der Waals surface area (Å²) in [4.78, 5) is 11.1. The topological polar surface area (TPSA) is 50.1 Å². The molecule has 0 saturated heterocycles. The van der Waals surface area contributed by atoms with E-state index in [1.54, 1.807) is 6.07 Å². The highest BCUT2D eigenvalue weighted by molar-refractivity contribution is 6.32. The normalized spacial score (nSPS) is 10.0. The molecule has 0 heterocycles. The van der Waals surface area contributed by atoms with Crippen molar-refractivity contribution in [2.24, 2.45) is 0 Å². The predicted molar refractivity (Wildman–Crippen MR) is 52.8 cm³/mol. The Kier molecular flexibility index (Phi) is 3.80. The van der Waals surface area contributed by atoms with Gasteiger partial charge in [-0.3, -0.25) is 4.79 Å². The van der Waals surface area contributed by atoms with Gasteiger partial charge in [0.2, 0.25) is 0 Å². The minimum absolute atomic E-state index is 0.0918. The van der Waals surface area contributed by atoms with Gasteiger partial charge in [-0.1, -0.05) is 11.6 Å². The van der Waals surface area contributed by atoms with Crippen LogP contribution in [0.4, 0.5) is 8.78 Å². The minimum Gasteiger partial charge on any atom is -0.433 e. The SMILES string of the molecule is CC(=O)c1cc(Cl)c(C#N)c(OC(F)F)c1. The van der Waals surface area contributed by atoms with Crippen LogP contribution in [0.15, 0.2) is 12.1 Å². The summed E-state index contributed by atoms with van der Waals surface area (Å²) in [5.74, 6) is -0.749. The first-order valence-corrected chi connectivity index (χ1v) is 4.53. The molecule has 84 valence electrons. The summed E-state index contributed by atoms with van der Waals surface area (Å²) in [5.41, 5.74) is -0.105. The van der Waals surface area contributed by atoms with Crippen LogP contribution in [0.1, 0.15) is 22.8 Å². The van der Waals surface area contributed by atoms with Gasteiger partial charge in [0, 0.05) is 5.56 Å². The zero-order valence-electron chi connectivity index (χ0n) is 8.13. The molecular weight excluding hydrogens is 240 g/mol. The Morgan fingerprint density at radius 2 is 2.19 bits per heavy atom. The van der Waals surface area contributed by atoms with Gasteiger partial charge < -0.3 is 4.74 Å². The molecule has 0 radical (unpaired) electrons. The molecule has 0 saturated carbocycles. The third kappa shape index (κ3) is 2.67. The summed E-state index contributed by atoms with van der Waals surface area (Å²) in [6.07, 6.45) is 0. The quantitative estimate of drug-likeness (QED) is 0.769. The Hall–Kier alpha value is -1.67. The second kappa shape index (κ2) is 4.90. The molecule has 0 spiro atoms. The summed E-state index contributed by atoms with van der Waals surface area (Å²) in [6, 6.07) is 3.94. The first kappa shape index (κ1) is 12.4. The molecule has 6 heteroatoms. The summed E-state index contributed by atoms with van der Waals surface area (Å²) in [5, 5.41) is 8.61. The highest BCUT2D eigenvalue weighted by Crippen LogP contribution is 2.29. The fourth-order valence-electron chi connectivity index (χ4n) is 1.08. The van der Waals surface area contributed by atoms with Gasteiger partial charge in [-0.25, -0.2) is 0 Å². The molecule has 1 aromatic carbocycles. The highest BCUT2D eigenvalue weighted by atomic mass is 35.5. The summed E-state index contributed by atoms with van der Waals surface area (Å²) in [7, 11) is 0. The van der Waals surface area contributed by atoms with Gasteiger partial charge in [-0.05, 0) is 19.1 Å². The molecule has 1 aromatic rings. The van der Waals surface area contributed by atoms with E-state index in [1.165, 1.54) is 13.0 Å². The van der Waals surface area contributed by atoms with Gasteiger partial charge in [0.15, 0.2) is 5.78 Å². The van der Waals surface area contributed by atoms with Crippen LogP contribution in [0.2, 0.25) is 5.02 Å². The van der Waals surface area contributed by atoms with Crippen molar-refractivity contribution in [2.45, 2.75) is 13.5 Å². The number of halogens is 3. The van der Waals surface area contributed by atoms with Gasteiger partial charge in [0.25, 0.3) is 0 Å². The van der Waals surface area contributed by atoms with Crippen LogP contribution < -0.4 is 4.74 Å². The number of nitriles is 1. The molecule has 0 atom stereocenters. The zero-order valence-corrected chi connectivity index (χ0v) is 8.89. The second-order valence-corrected chi connectivity index (χ2v) is 3.28. The van der Waals surface area contributed by atoms with Gasteiger partial charge in [-0.15, -0.1) is 0 Å². The Morgan fingerprint density at radius 3 is 2.62 bits per heavy atom. The van der Waals surface area contributed by atoms with Crippen molar-refractivity contribution in [3.05, 3.63) is 28.3 Å². The molecule has 1 rings (SSSR count). The largest absolute Gasteiger partial charge is 0.433 e. The van der Waals surface area contributed by atoms with Crippen molar-refractivity contribution in [1.82, 2.24) is 0 Å². The molecule has 3 nitrogen and oxygen atoms in total. The number of ketones is 1. The van der Waals surface area contributed by atoms with E-state index in [4.69, 9.17) is 16.9 Å². The molecule has 0 N–H and O–H groups in total. The lowest BCUT2D eigenvalue weighted by atomic mass is 10.1. The lowest BCUT2D eigenvalue weighted by molar-refractivity contribution is -0.0500. The predicted octanol–water partition coefficient (Wildman–Crippen LogP) is 3.02. The maximum absolute atomic E-state index is 12.0. The Morgan fingerprint density at radius 1 is 1.56 bits per heavy atom. The van der Waals surface area contributed by atoms with Crippen LogP contribution in [-0.4, -0.2) is 12.4 Å². The van der Waals surface area contributed by atoms with E-state index in [-0.39, 0.29) is 21.9 Å². The van der Waals surface area contributed by atoms with Crippen LogP contribution in [-0.2, 0) is 0 Å². The van der Waals surface area contributed by atoms with Crippen molar-refractivity contribution < 1.29 is 18.3 Å². The van der Waals surface area contributed by atoms with E-state index in [9.17, 15) is 13.6 Å². The Balaban J connectivity index is 3.32. The van der Waals surface area contributed by atoms with Crippen molar-refractivity contribution in [3.8, 4) is 11.8 Å². The molecule has 0 aliphatic rings. The third-order valence-electron chi connectivity index (χ3n) is 1.79. The first-order chi connectivity index (χ1) is 7.45. The van der Waals surface area contributed by atoms with Crippen LogP contribution in [0.5, 0.6) is 5.75 Å². The van der Waals surface area contributed by atoms with E-state index in [0.717, 1.165) is 6.07 Å². The number of hydrogen-bond acceptors (Lipinski definition) is 3. The van der Waals surface area contributed by atoms with E-state index >= 15 is 0 Å². The zero-order chi connectivity index (χ0) is 12.3. The number of carbonyl (C=O) groups excluding carboxylic acids is 1. The van der Waals surface area contributed by atoms with E-state index < -0.39 is 12.4 Å². The van der Waals surface area contributed by atoms with Crippen LogP contribution >= 0.6 is 11.6 Å². The number of Topliss-reactive ketones (excluding diaryl/α,β-unsaturated/α-hetero) is 1. The fraction of sp³-hybridized carbons (Fsp3) is 0.200. The summed E-state index contributed by atoms with van der Waals surface area (Å²) in [6.45, 7) is -1.82. The van der Waals surface area contributed by atoms with Crippen molar-refractivity contribution in [3.63, 3.8) is 0 Å². The summed E-state index contributed by atoms with van der Waals surface area (Å²) < 4.78 is 28.2. The van der Waals surface area contributed by atoms with Crippen LogP contribution in [0.3, 0.4) is 0 Å². The van der Waals surface area contributed by atoms with Crippen molar-refractivity contribution in [1.29, 1.82) is 5.26 Å². The molecule has 16 heavy (non-hydrogen) atoms. The van der Waals surface area contributed by atoms with Gasteiger partial charge in [-0.2, -0.15) is 14.0 Å². The maximum atomic E-state index is 12.0. The average molecular weight is 246 g/mol. The summed E-state index contributed by atoms with van der Waals surface area (Å²) >= 11 is 5.66. The van der Waals surface area contributed by atoms with Gasteiger partial charge in [0.1, 0.15) is 17.4 Å². The number of alkyl halides is 2. The molecule has 0 amide bonds. The fourth-order valence-corrected chi connectivity index (χ4v) is 1.34. The highest BCUT2D eigenvalue weighted by Gasteiger charge is 2.15. The van der Waals surface area contributed by atoms with Gasteiger partial charge >= 0.3 is 6.61 Å². The number of hydrogen-bond donors (Lipinski definition) is 0. The van der Waals surface area contributed by atoms with E-state index in [0.29, 0.717) is 0 Å². The van der Waals surface area contributed by atoms with Crippen molar-refractivity contribution in [2.75, 3.05) is 0 Å². The van der Waals surface area contributed by atoms with Crippen molar-refractivity contribution >= 4 is 17.4 Å². The molecule has 0 aliphatic carbocycles. The number of ether oxygens (including phenoxy) is 1. The monoisotopic (exact) mass is 245 g/mol. The third-order valence-corrected chi connectivity index (χ3v) is 2.09. The van der Waals surface area contributed by atoms with Crippen LogP contribution in [0, 0.1) is 11.3 Å². The van der Waals surface area contributed by atoms with E-state index in [2.05, 4.69) is 4.74 Å². The van der Waals surface area contributed by atoms with E-state index in [1.807, 2.05) is 0 Å². The van der Waals surface area contributed by atoms with Gasteiger partial charge in [0.05, 0.1) is 5.02 Å². The lowest BCUT2D eigenvalue weighted by Gasteiger charge is -2.08. The standard InChI is InChI=1S/C10H6ClF2NO2/c1-5(15)6-2-8(11)7(4-14)9(3-6)16-10(12)13/h2-3,10H,1H3. The lowest BCUT2D eigenvalue weighted by Crippen LogP contribution is -2.05. The number of carbonyl (C=O) groups is 1. The molecule has 0 aromatic heterocycles. The number of benzene rings is 1. The molecule has 0 fully saturated rings. The minimum atomic E-state index is -3.08. The molecule has 0 aliphatic heterocycles.